The highest BCUT2D eigenvalue weighted by Gasteiger charge is 2.41. The van der Waals surface area contributed by atoms with Crippen molar-refractivity contribution in [3.63, 3.8) is 0 Å². The zero-order chi connectivity index (χ0) is 8.72. The van der Waals surface area contributed by atoms with Crippen LogP contribution in [-0.2, 0) is 4.79 Å². The van der Waals surface area contributed by atoms with Gasteiger partial charge in [0.2, 0.25) is 5.12 Å². The van der Waals surface area contributed by atoms with E-state index < -0.39 is 0 Å². The Hall–Kier alpha value is -0.240. The minimum atomic E-state index is 0.321. The van der Waals surface area contributed by atoms with Gasteiger partial charge in [0, 0.05) is 11.3 Å². The summed E-state index contributed by atoms with van der Waals surface area (Å²) in [5.41, 5.74) is 1.08. The summed E-state index contributed by atoms with van der Waals surface area (Å²) in [6.45, 7) is 4.53. The Morgan fingerprint density at radius 1 is 1.42 bits per heavy atom. The van der Waals surface area contributed by atoms with E-state index in [0.29, 0.717) is 11.0 Å². The van der Waals surface area contributed by atoms with Gasteiger partial charge in [-0.15, -0.1) is 0 Å². The molecule has 1 heterocycles. The molecule has 0 N–H and O–H groups in total. The molecule has 2 fully saturated rings. The third kappa shape index (κ3) is 1.33. The summed E-state index contributed by atoms with van der Waals surface area (Å²) in [6, 6.07) is 0. The summed E-state index contributed by atoms with van der Waals surface area (Å²) in [5.74, 6) is 3.30. The molecule has 2 rings (SSSR count). The molecule has 1 aliphatic heterocycles. The smallest absolute Gasteiger partial charge is 0.215 e. The molecule has 1 saturated carbocycles. The van der Waals surface area contributed by atoms with Gasteiger partial charge in [-0.1, -0.05) is 31.7 Å². The van der Waals surface area contributed by atoms with Crippen LogP contribution in [0.3, 0.4) is 0 Å². The van der Waals surface area contributed by atoms with E-state index in [0.717, 1.165) is 29.6 Å². The number of thioether (sulfide) groups is 1. The minimum Gasteiger partial charge on any atom is -0.282 e. The molecule has 1 saturated heterocycles. The topological polar surface area (TPSA) is 17.1 Å². The van der Waals surface area contributed by atoms with E-state index in [-0.39, 0.29) is 0 Å². The molecule has 0 radical (unpaired) electrons. The van der Waals surface area contributed by atoms with Gasteiger partial charge in [-0.2, -0.15) is 0 Å². The fourth-order valence-corrected chi connectivity index (χ4v) is 2.70. The molecule has 0 aromatic carbocycles. The lowest BCUT2D eigenvalue weighted by Crippen LogP contribution is -1.88. The van der Waals surface area contributed by atoms with Crippen molar-refractivity contribution in [2.24, 2.45) is 17.8 Å². The van der Waals surface area contributed by atoms with Crippen molar-refractivity contribution < 1.29 is 4.79 Å². The number of rotatable bonds is 1. The number of carbonyl (C=O) groups is 1. The molecule has 1 aliphatic carbocycles. The average Bonchev–Trinajstić information content (AvgIpc) is 2.50. The molecule has 0 amide bonds. The molecule has 0 aromatic heterocycles. The molecule has 66 valence electrons. The number of carbonyl (C=O) groups excluding carboxylic acids is 1. The Morgan fingerprint density at radius 3 is 2.50 bits per heavy atom. The maximum Gasteiger partial charge on any atom is 0.215 e. The molecule has 12 heavy (non-hydrogen) atoms. The first kappa shape index (κ1) is 8.36. The lowest BCUT2D eigenvalue weighted by molar-refractivity contribution is -0.107. The summed E-state index contributed by atoms with van der Waals surface area (Å²) in [5, 5.41) is 0.321. The van der Waals surface area contributed by atoms with Gasteiger partial charge in [-0.3, -0.25) is 4.79 Å². The second-order valence-corrected chi connectivity index (χ2v) is 4.94. The van der Waals surface area contributed by atoms with Crippen LogP contribution in [0.4, 0.5) is 0 Å². The van der Waals surface area contributed by atoms with Crippen molar-refractivity contribution in [2.45, 2.75) is 20.3 Å². The molecular formula is C10H14OS. The van der Waals surface area contributed by atoms with E-state index in [2.05, 4.69) is 19.9 Å². The molecule has 0 aromatic rings. The van der Waals surface area contributed by atoms with Crippen LogP contribution in [0.2, 0.25) is 0 Å². The Bertz CT molecular complexity index is 236. The molecule has 1 nitrogen and oxygen atoms in total. The Balaban J connectivity index is 2.04. The van der Waals surface area contributed by atoms with Crippen molar-refractivity contribution in [1.82, 2.24) is 0 Å². The normalized spacial score (nSPS) is 44.0. The Kier molecular flexibility index (Phi) is 2.03. The summed E-state index contributed by atoms with van der Waals surface area (Å²) >= 11 is 1.47. The van der Waals surface area contributed by atoms with Crippen molar-refractivity contribution in [3.05, 3.63) is 11.6 Å². The highest BCUT2D eigenvalue weighted by Crippen LogP contribution is 2.47. The molecule has 0 bridgehead atoms. The van der Waals surface area contributed by atoms with Crippen LogP contribution in [0.25, 0.3) is 0 Å². The van der Waals surface area contributed by atoms with E-state index in [1.54, 1.807) is 0 Å². The van der Waals surface area contributed by atoms with E-state index >= 15 is 0 Å². The van der Waals surface area contributed by atoms with Gasteiger partial charge in [0.05, 0.1) is 0 Å². The van der Waals surface area contributed by atoms with Crippen LogP contribution >= 0.6 is 11.8 Å². The van der Waals surface area contributed by atoms with Gasteiger partial charge < -0.3 is 0 Å². The van der Waals surface area contributed by atoms with E-state index in [4.69, 9.17) is 0 Å². The van der Waals surface area contributed by atoms with Gasteiger partial charge >= 0.3 is 0 Å². The first-order chi connectivity index (χ1) is 5.70. The first-order valence-corrected chi connectivity index (χ1v) is 5.56. The van der Waals surface area contributed by atoms with Gasteiger partial charge in [-0.25, -0.2) is 0 Å². The van der Waals surface area contributed by atoms with Crippen LogP contribution in [0.1, 0.15) is 20.3 Å². The van der Waals surface area contributed by atoms with E-state index in [1.807, 2.05) is 0 Å². The predicted octanol–water partition coefficient (Wildman–Crippen LogP) is 2.48. The fourth-order valence-electron chi connectivity index (χ4n) is 1.84. The van der Waals surface area contributed by atoms with E-state index in [9.17, 15) is 4.79 Å². The van der Waals surface area contributed by atoms with Gasteiger partial charge in [-0.05, 0) is 24.2 Å². The maximum absolute atomic E-state index is 11.2. The second-order valence-electron chi connectivity index (χ2n) is 3.87. The average molecular weight is 182 g/mol. The largest absolute Gasteiger partial charge is 0.282 e. The third-order valence-electron chi connectivity index (χ3n) is 3.16. The minimum absolute atomic E-state index is 0.321. The van der Waals surface area contributed by atoms with Crippen molar-refractivity contribution in [1.29, 1.82) is 0 Å². The lowest BCUT2D eigenvalue weighted by atomic mass is 10.1. The number of allylic oxidation sites excluding steroid dienone is 1. The summed E-state index contributed by atoms with van der Waals surface area (Å²) in [7, 11) is 0. The van der Waals surface area contributed by atoms with Crippen LogP contribution in [0.5, 0.6) is 0 Å². The number of hydrogen-bond donors (Lipinski definition) is 0. The summed E-state index contributed by atoms with van der Waals surface area (Å²) < 4.78 is 0. The monoisotopic (exact) mass is 182 g/mol. The van der Waals surface area contributed by atoms with Crippen LogP contribution < -0.4 is 0 Å². The molecule has 2 unspecified atom stereocenters. The second kappa shape index (κ2) is 2.91. The molecule has 2 atom stereocenters. The van der Waals surface area contributed by atoms with Gasteiger partial charge in [0.25, 0.3) is 0 Å². The predicted molar refractivity (Wildman–Crippen MR) is 52.0 cm³/mol. The Labute approximate surface area is 77.6 Å². The molecule has 2 heteroatoms. The maximum atomic E-state index is 11.2. The van der Waals surface area contributed by atoms with Crippen LogP contribution in [-0.4, -0.2) is 10.9 Å². The van der Waals surface area contributed by atoms with Crippen molar-refractivity contribution >= 4 is 16.9 Å². The van der Waals surface area contributed by atoms with E-state index in [1.165, 1.54) is 11.8 Å². The molecular weight excluding hydrogens is 168 g/mol. The molecule has 2 aliphatic rings. The summed E-state index contributed by atoms with van der Waals surface area (Å²) in [6.07, 6.45) is 3.22. The fraction of sp³-hybridized carbons (Fsp3) is 0.700. The van der Waals surface area contributed by atoms with Gasteiger partial charge in [0.1, 0.15) is 0 Å². The number of hydrogen-bond acceptors (Lipinski definition) is 2. The Morgan fingerprint density at radius 2 is 2.08 bits per heavy atom. The quantitative estimate of drug-likeness (QED) is 0.579. The highest BCUT2D eigenvalue weighted by atomic mass is 32.2. The molecule has 0 spiro atoms. The highest BCUT2D eigenvalue weighted by molar-refractivity contribution is 8.14. The van der Waals surface area contributed by atoms with Gasteiger partial charge in [0.15, 0.2) is 0 Å². The lowest BCUT2D eigenvalue weighted by Gasteiger charge is -1.91. The SMILES string of the molecule is CC1C(C)C1C=C1CCSC1=O. The van der Waals surface area contributed by atoms with Crippen molar-refractivity contribution in [3.8, 4) is 0 Å². The van der Waals surface area contributed by atoms with Crippen LogP contribution in [0.15, 0.2) is 11.6 Å². The summed E-state index contributed by atoms with van der Waals surface area (Å²) in [4.78, 5) is 11.2. The third-order valence-corrected chi connectivity index (χ3v) is 4.10. The first-order valence-electron chi connectivity index (χ1n) is 4.58. The zero-order valence-corrected chi connectivity index (χ0v) is 8.36. The zero-order valence-electron chi connectivity index (χ0n) is 7.54. The van der Waals surface area contributed by atoms with Crippen LogP contribution in [0, 0.1) is 17.8 Å². The van der Waals surface area contributed by atoms with Crippen molar-refractivity contribution in [2.75, 3.05) is 5.75 Å². The standard InChI is InChI=1S/C10H14OS/c1-6-7(2)9(6)5-8-3-4-12-10(8)11/h5-7,9H,3-4H2,1-2H3.